The van der Waals surface area contributed by atoms with Crippen LogP contribution in [-0.2, 0) is 14.4 Å². The van der Waals surface area contributed by atoms with Crippen LogP contribution in [0.4, 0.5) is 8.78 Å². The van der Waals surface area contributed by atoms with Crippen molar-refractivity contribution in [2.24, 2.45) is 28.6 Å². The third-order valence-corrected chi connectivity index (χ3v) is 8.64. The van der Waals surface area contributed by atoms with Crippen LogP contribution in [0.1, 0.15) is 40.0 Å². The van der Waals surface area contributed by atoms with Crippen molar-refractivity contribution in [3.8, 4) is 0 Å². The summed E-state index contributed by atoms with van der Waals surface area (Å²) < 4.78 is 31.9. The first-order valence-corrected chi connectivity index (χ1v) is 10.1. The molecule has 0 aliphatic heterocycles. The fourth-order valence-corrected chi connectivity index (χ4v) is 7.20. The predicted octanol–water partition coefficient (Wildman–Crippen LogP) is 2.95. The van der Waals surface area contributed by atoms with Gasteiger partial charge in [-0.05, 0) is 49.3 Å². The molecule has 4 rings (SSSR count). The molecular weight excluding hydrogens is 386 g/mol. The highest BCUT2D eigenvalue weighted by atomic mass is 32.1. The van der Waals surface area contributed by atoms with Crippen LogP contribution in [0.3, 0.4) is 0 Å². The van der Waals surface area contributed by atoms with Crippen molar-refractivity contribution in [2.75, 3.05) is 0 Å². The SMILES string of the molecule is C[C@@H]1CC2C3C[C@H](F)C4=CC(=O)C=C[C@]4(C)[C@@]3(F)C(=O)C[C@]2(C)[C@@]1(O)C(=O)S. The highest BCUT2D eigenvalue weighted by molar-refractivity contribution is 7.96. The van der Waals surface area contributed by atoms with Crippen LogP contribution in [0, 0.1) is 28.6 Å². The van der Waals surface area contributed by atoms with E-state index in [2.05, 4.69) is 12.6 Å². The van der Waals surface area contributed by atoms with Crippen LogP contribution in [0.5, 0.6) is 0 Å². The topological polar surface area (TPSA) is 71.4 Å². The van der Waals surface area contributed by atoms with Crippen LogP contribution < -0.4 is 0 Å². The van der Waals surface area contributed by atoms with Crippen molar-refractivity contribution in [2.45, 2.75) is 57.5 Å². The first-order valence-electron chi connectivity index (χ1n) is 9.61. The van der Waals surface area contributed by atoms with Gasteiger partial charge in [-0.2, -0.15) is 0 Å². The van der Waals surface area contributed by atoms with Gasteiger partial charge in [0.2, 0.25) is 5.12 Å². The van der Waals surface area contributed by atoms with Gasteiger partial charge in [0.15, 0.2) is 17.2 Å². The lowest BCUT2D eigenvalue weighted by molar-refractivity contribution is -0.185. The Hall–Kier alpha value is -1.34. The molecule has 2 unspecified atom stereocenters. The summed E-state index contributed by atoms with van der Waals surface area (Å²) in [4.78, 5) is 37.3. The third-order valence-electron chi connectivity index (χ3n) is 8.30. The lowest BCUT2D eigenvalue weighted by atomic mass is 9.45. The minimum Gasteiger partial charge on any atom is -0.380 e. The molecular formula is C21H24F2O4S. The number of alkyl halides is 2. The summed E-state index contributed by atoms with van der Waals surface area (Å²) >= 11 is 3.87. The molecule has 152 valence electrons. The Balaban J connectivity index is 1.90. The number of ketones is 2. The molecule has 0 heterocycles. The Morgan fingerprint density at radius 1 is 1.25 bits per heavy atom. The first-order chi connectivity index (χ1) is 12.8. The Morgan fingerprint density at radius 2 is 1.89 bits per heavy atom. The fourth-order valence-electron chi connectivity index (χ4n) is 6.73. The number of hydrogen-bond donors (Lipinski definition) is 2. The number of halogens is 2. The van der Waals surface area contributed by atoms with Gasteiger partial charge in [-0.3, -0.25) is 14.4 Å². The molecule has 0 aromatic carbocycles. The molecule has 0 radical (unpaired) electrons. The highest BCUT2D eigenvalue weighted by Gasteiger charge is 2.76. The molecule has 4 aliphatic rings. The molecule has 3 saturated carbocycles. The van der Waals surface area contributed by atoms with Crippen LogP contribution in [0.25, 0.3) is 0 Å². The maximum Gasteiger partial charge on any atom is 0.218 e. The zero-order chi connectivity index (χ0) is 20.9. The molecule has 3 fully saturated rings. The average molecular weight is 410 g/mol. The third kappa shape index (κ3) is 1.97. The van der Waals surface area contributed by atoms with E-state index in [0.717, 1.165) is 6.08 Å². The van der Waals surface area contributed by atoms with Crippen LogP contribution in [0.15, 0.2) is 23.8 Å². The number of hydrogen-bond acceptors (Lipinski definition) is 4. The summed E-state index contributed by atoms with van der Waals surface area (Å²) in [5.74, 6) is -3.27. The number of carbonyl (C=O) groups excluding carboxylic acids is 3. The van der Waals surface area contributed by atoms with Crippen molar-refractivity contribution >= 4 is 29.3 Å². The van der Waals surface area contributed by atoms with E-state index in [1.165, 1.54) is 19.1 Å². The van der Waals surface area contributed by atoms with Crippen molar-refractivity contribution in [3.63, 3.8) is 0 Å². The van der Waals surface area contributed by atoms with Gasteiger partial charge in [-0.15, -0.1) is 12.6 Å². The number of fused-ring (bicyclic) bond motifs is 5. The summed E-state index contributed by atoms with van der Waals surface area (Å²) in [7, 11) is 0. The predicted molar refractivity (Wildman–Crippen MR) is 101 cm³/mol. The van der Waals surface area contributed by atoms with Crippen LogP contribution in [-0.4, -0.2) is 39.2 Å². The number of rotatable bonds is 1. The summed E-state index contributed by atoms with van der Waals surface area (Å²) in [5, 5.41) is 10.5. The normalized spacial score (nSPS) is 52.6. The summed E-state index contributed by atoms with van der Waals surface area (Å²) in [6.07, 6.45) is 1.75. The molecule has 1 N–H and O–H groups in total. The van der Waals surface area contributed by atoms with E-state index in [-0.39, 0.29) is 18.4 Å². The van der Waals surface area contributed by atoms with E-state index in [0.29, 0.717) is 6.42 Å². The maximum absolute atomic E-state index is 16.7. The second-order valence-electron chi connectivity index (χ2n) is 9.39. The van der Waals surface area contributed by atoms with Crippen molar-refractivity contribution in [3.05, 3.63) is 23.8 Å². The lowest BCUT2D eigenvalue weighted by Gasteiger charge is -2.60. The van der Waals surface area contributed by atoms with Gasteiger partial charge in [0.25, 0.3) is 0 Å². The number of Topliss-reactive ketones (excluding diaryl/α,β-unsaturated/α-hetero) is 1. The Kier molecular flexibility index (Phi) is 4.01. The molecule has 0 spiro atoms. The number of thiol groups is 1. The van der Waals surface area contributed by atoms with E-state index >= 15 is 8.78 Å². The molecule has 28 heavy (non-hydrogen) atoms. The zero-order valence-corrected chi connectivity index (χ0v) is 16.9. The first kappa shape index (κ1) is 20.0. The smallest absolute Gasteiger partial charge is 0.218 e. The monoisotopic (exact) mass is 410 g/mol. The van der Waals surface area contributed by atoms with E-state index in [9.17, 15) is 19.5 Å². The number of aliphatic hydroxyl groups is 1. The van der Waals surface area contributed by atoms with Gasteiger partial charge in [0.05, 0.1) is 5.41 Å². The van der Waals surface area contributed by atoms with E-state index in [1.54, 1.807) is 13.8 Å². The standard InChI is InChI=1S/C21H24F2O4S/c1-10-6-12-13-8-15(22)14-7-11(24)4-5-18(14,2)20(13,23)16(25)9-19(12,3)21(10,27)17(26)28/h4-5,7,10,12-13,15,27H,6,8-9H2,1-3H3,(H,26,28)/t10-,12?,13?,15+,18+,19+,20+,21+/m1/s1. The second kappa shape index (κ2) is 5.63. The summed E-state index contributed by atoms with van der Waals surface area (Å²) in [6.45, 7) is 4.77. The molecule has 4 aliphatic carbocycles. The molecule has 0 aromatic rings. The van der Waals surface area contributed by atoms with Crippen molar-refractivity contribution < 1.29 is 28.3 Å². The average Bonchev–Trinajstić information content (AvgIpc) is 2.81. The van der Waals surface area contributed by atoms with Gasteiger partial charge >= 0.3 is 0 Å². The fraction of sp³-hybridized carbons (Fsp3) is 0.667. The van der Waals surface area contributed by atoms with E-state index in [1.807, 2.05) is 0 Å². The van der Waals surface area contributed by atoms with E-state index < -0.39 is 62.7 Å². The van der Waals surface area contributed by atoms with Crippen LogP contribution in [0.2, 0.25) is 0 Å². The minimum absolute atomic E-state index is 0.00211. The molecule has 4 nitrogen and oxygen atoms in total. The Bertz CT molecular complexity index is 868. The van der Waals surface area contributed by atoms with Crippen LogP contribution >= 0.6 is 12.6 Å². The van der Waals surface area contributed by atoms with Gasteiger partial charge < -0.3 is 5.11 Å². The molecule has 7 heteroatoms. The highest BCUT2D eigenvalue weighted by Crippen LogP contribution is 2.70. The van der Waals surface area contributed by atoms with Gasteiger partial charge in [-0.1, -0.05) is 19.9 Å². The lowest BCUT2D eigenvalue weighted by Crippen LogP contribution is -2.68. The van der Waals surface area contributed by atoms with E-state index in [4.69, 9.17) is 0 Å². The quantitative estimate of drug-likeness (QED) is 0.652. The maximum atomic E-state index is 16.7. The molecule has 0 aromatic heterocycles. The number of allylic oxidation sites excluding steroid dienone is 4. The summed E-state index contributed by atoms with van der Waals surface area (Å²) in [5.41, 5.74) is -7.04. The Morgan fingerprint density at radius 3 is 2.50 bits per heavy atom. The molecule has 8 atom stereocenters. The van der Waals surface area contributed by atoms with Gasteiger partial charge in [-0.25, -0.2) is 8.78 Å². The van der Waals surface area contributed by atoms with Crippen molar-refractivity contribution in [1.29, 1.82) is 0 Å². The molecule has 0 bridgehead atoms. The number of carbonyl (C=O) groups is 3. The molecule has 0 saturated heterocycles. The minimum atomic E-state index is -2.40. The summed E-state index contributed by atoms with van der Waals surface area (Å²) in [6, 6.07) is 0. The largest absolute Gasteiger partial charge is 0.380 e. The molecule has 0 amide bonds. The second-order valence-corrected chi connectivity index (χ2v) is 9.80. The Labute approximate surface area is 167 Å². The zero-order valence-electron chi connectivity index (χ0n) is 16.0. The van der Waals surface area contributed by atoms with Gasteiger partial charge in [0.1, 0.15) is 11.8 Å². The van der Waals surface area contributed by atoms with Gasteiger partial charge in [0, 0.05) is 17.8 Å². The van der Waals surface area contributed by atoms with Crippen molar-refractivity contribution in [1.82, 2.24) is 0 Å².